The number of aryl methyl sites for hydroxylation is 2. The predicted molar refractivity (Wildman–Crippen MR) is 69.0 cm³/mol. The smallest absolute Gasteiger partial charge is 0.214 e. The quantitative estimate of drug-likeness (QED) is 0.794. The number of aromatic nitrogens is 2. The first-order valence-electron chi connectivity index (χ1n) is 5.98. The second-order valence-electron chi connectivity index (χ2n) is 4.17. The van der Waals surface area contributed by atoms with E-state index in [1.807, 2.05) is 6.92 Å². The number of halogens is 1. The van der Waals surface area contributed by atoms with Gasteiger partial charge >= 0.3 is 0 Å². The number of hydrogen-bond donors (Lipinski definition) is 0. The van der Waals surface area contributed by atoms with Crippen molar-refractivity contribution in [2.75, 3.05) is 7.11 Å². The summed E-state index contributed by atoms with van der Waals surface area (Å²) in [5.74, 6) is -0.418. The van der Waals surface area contributed by atoms with Gasteiger partial charge in [0.15, 0.2) is 0 Å². The Kier molecular flexibility index (Phi) is 3.64. The van der Waals surface area contributed by atoms with Crippen LogP contribution < -0.4 is 4.74 Å². The fraction of sp³-hybridized carbons (Fsp3) is 0.286. The minimum atomic E-state index is -0.470. The molecule has 19 heavy (non-hydrogen) atoms. The van der Waals surface area contributed by atoms with E-state index in [4.69, 9.17) is 4.74 Å². The van der Waals surface area contributed by atoms with Crippen LogP contribution in [0.4, 0.5) is 4.39 Å². The van der Waals surface area contributed by atoms with E-state index < -0.39 is 5.82 Å². The largest absolute Gasteiger partial charge is 0.496 e. The highest BCUT2D eigenvalue weighted by molar-refractivity contribution is 6.09. The maximum atomic E-state index is 13.3. The highest BCUT2D eigenvalue weighted by atomic mass is 19.1. The lowest BCUT2D eigenvalue weighted by atomic mass is 10.1. The molecule has 1 aromatic carbocycles. The zero-order valence-corrected chi connectivity index (χ0v) is 11.1. The first-order chi connectivity index (χ1) is 9.06. The van der Waals surface area contributed by atoms with Crippen molar-refractivity contribution in [1.29, 1.82) is 0 Å². The van der Waals surface area contributed by atoms with Crippen LogP contribution in [0.1, 0.15) is 28.7 Å². The lowest BCUT2D eigenvalue weighted by Gasteiger charge is -2.07. The zero-order valence-electron chi connectivity index (χ0n) is 11.1. The predicted octanol–water partition coefficient (Wildman–Crippen LogP) is 2.36. The number of ketones is 1. The third-order valence-electron chi connectivity index (χ3n) is 2.93. The lowest BCUT2D eigenvalue weighted by Crippen LogP contribution is -2.10. The number of ether oxygens (including phenoxy) is 1. The Hall–Kier alpha value is -2.17. The second kappa shape index (κ2) is 5.22. The summed E-state index contributed by atoms with van der Waals surface area (Å²) in [6.45, 7) is 1.96. The maximum Gasteiger partial charge on any atom is 0.214 e. The molecule has 0 aliphatic heterocycles. The summed E-state index contributed by atoms with van der Waals surface area (Å²) in [6, 6.07) is 5.60. The highest BCUT2D eigenvalue weighted by Gasteiger charge is 2.19. The molecule has 0 amide bonds. The van der Waals surface area contributed by atoms with Gasteiger partial charge in [-0.3, -0.25) is 9.48 Å². The molecule has 0 spiro atoms. The average molecular weight is 262 g/mol. The number of carbonyl (C=O) groups is 1. The van der Waals surface area contributed by atoms with Crippen LogP contribution in [-0.2, 0) is 13.5 Å². The third-order valence-corrected chi connectivity index (χ3v) is 2.93. The first-order valence-corrected chi connectivity index (χ1v) is 5.98. The van der Waals surface area contributed by atoms with Crippen LogP contribution in [0.2, 0.25) is 0 Å². The molecule has 2 rings (SSSR count). The molecule has 0 bridgehead atoms. The van der Waals surface area contributed by atoms with Gasteiger partial charge in [-0.1, -0.05) is 6.92 Å². The van der Waals surface area contributed by atoms with Gasteiger partial charge in [-0.25, -0.2) is 4.39 Å². The third kappa shape index (κ3) is 2.50. The molecule has 1 heterocycles. The standard InChI is InChI=1S/C14H15FN2O2/c1-4-10-8-12(17(2)16-10)14(18)11-7-9(15)5-6-13(11)19-3/h5-8H,4H2,1-3H3. The van der Waals surface area contributed by atoms with Crippen LogP contribution in [0.5, 0.6) is 5.75 Å². The van der Waals surface area contributed by atoms with Crippen molar-refractivity contribution in [3.8, 4) is 5.75 Å². The minimum Gasteiger partial charge on any atom is -0.496 e. The van der Waals surface area contributed by atoms with Crippen molar-refractivity contribution in [2.24, 2.45) is 7.05 Å². The van der Waals surface area contributed by atoms with E-state index >= 15 is 0 Å². The topological polar surface area (TPSA) is 44.1 Å². The number of hydrogen-bond acceptors (Lipinski definition) is 3. The Bertz CT molecular complexity index is 620. The summed E-state index contributed by atoms with van der Waals surface area (Å²) < 4.78 is 19.9. The molecule has 0 atom stereocenters. The molecule has 2 aromatic rings. The van der Waals surface area contributed by atoms with Crippen molar-refractivity contribution in [2.45, 2.75) is 13.3 Å². The summed E-state index contributed by atoms with van der Waals surface area (Å²) >= 11 is 0. The van der Waals surface area contributed by atoms with Crippen molar-refractivity contribution in [1.82, 2.24) is 9.78 Å². The lowest BCUT2D eigenvalue weighted by molar-refractivity contribution is 0.102. The number of carbonyl (C=O) groups excluding carboxylic acids is 1. The van der Waals surface area contributed by atoms with E-state index in [1.165, 1.54) is 30.0 Å². The highest BCUT2D eigenvalue weighted by Crippen LogP contribution is 2.22. The Balaban J connectivity index is 2.48. The van der Waals surface area contributed by atoms with Gasteiger partial charge in [0.1, 0.15) is 17.3 Å². The molecule has 0 unspecified atom stereocenters. The molecule has 0 N–H and O–H groups in total. The van der Waals surface area contributed by atoms with Gasteiger partial charge < -0.3 is 4.74 Å². The van der Waals surface area contributed by atoms with Gasteiger partial charge in [0, 0.05) is 7.05 Å². The Morgan fingerprint density at radius 3 is 2.74 bits per heavy atom. The maximum absolute atomic E-state index is 13.3. The van der Waals surface area contributed by atoms with Crippen LogP contribution in [0.3, 0.4) is 0 Å². The molecule has 0 saturated carbocycles. The van der Waals surface area contributed by atoms with E-state index in [0.717, 1.165) is 12.1 Å². The van der Waals surface area contributed by atoms with Crippen molar-refractivity contribution in [3.63, 3.8) is 0 Å². The molecule has 0 fully saturated rings. The number of methoxy groups -OCH3 is 1. The Morgan fingerprint density at radius 1 is 1.42 bits per heavy atom. The molecule has 0 aliphatic carbocycles. The molecular weight excluding hydrogens is 247 g/mol. The monoisotopic (exact) mass is 262 g/mol. The molecule has 4 nitrogen and oxygen atoms in total. The van der Waals surface area contributed by atoms with Crippen LogP contribution in [-0.4, -0.2) is 22.7 Å². The number of rotatable bonds is 4. The molecule has 0 saturated heterocycles. The first kappa shape index (κ1) is 13.3. The van der Waals surface area contributed by atoms with Crippen LogP contribution in [0.25, 0.3) is 0 Å². The van der Waals surface area contributed by atoms with Gasteiger partial charge in [-0.05, 0) is 30.7 Å². The van der Waals surface area contributed by atoms with E-state index in [9.17, 15) is 9.18 Å². The summed E-state index contributed by atoms with van der Waals surface area (Å²) in [5.41, 5.74) is 1.44. The molecule has 100 valence electrons. The fourth-order valence-corrected chi connectivity index (χ4v) is 1.91. The molecule has 5 heteroatoms. The second-order valence-corrected chi connectivity index (χ2v) is 4.17. The molecule has 0 aliphatic rings. The minimum absolute atomic E-state index is 0.202. The van der Waals surface area contributed by atoms with E-state index in [2.05, 4.69) is 5.10 Å². The molecular formula is C14H15FN2O2. The Morgan fingerprint density at radius 2 is 2.16 bits per heavy atom. The van der Waals surface area contributed by atoms with Gasteiger partial charge in [0.2, 0.25) is 5.78 Å². The molecule has 1 aromatic heterocycles. The summed E-state index contributed by atoms with van der Waals surface area (Å²) in [4.78, 5) is 12.4. The van der Waals surface area contributed by atoms with Gasteiger partial charge in [0.05, 0.1) is 18.4 Å². The Labute approximate surface area is 110 Å². The number of nitrogens with zero attached hydrogens (tertiary/aromatic N) is 2. The summed E-state index contributed by atoms with van der Waals surface area (Å²) in [5, 5.41) is 4.21. The zero-order chi connectivity index (χ0) is 14.0. The fourth-order valence-electron chi connectivity index (χ4n) is 1.91. The van der Waals surface area contributed by atoms with Crippen molar-refractivity contribution < 1.29 is 13.9 Å². The van der Waals surface area contributed by atoms with Gasteiger partial charge in [-0.15, -0.1) is 0 Å². The van der Waals surface area contributed by atoms with Gasteiger partial charge in [-0.2, -0.15) is 5.10 Å². The van der Waals surface area contributed by atoms with Crippen LogP contribution in [0, 0.1) is 5.82 Å². The SMILES string of the molecule is CCc1cc(C(=O)c2cc(F)ccc2OC)n(C)n1. The van der Waals surface area contributed by atoms with Crippen LogP contribution >= 0.6 is 0 Å². The normalized spacial score (nSPS) is 10.5. The summed E-state index contributed by atoms with van der Waals surface area (Å²) in [7, 11) is 3.14. The van der Waals surface area contributed by atoms with Gasteiger partial charge in [0.25, 0.3) is 0 Å². The average Bonchev–Trinajstić information content (AvgIpc) is 2.79. The van der Waals surface area contributed by atoms with Crippen molar-refractivity contribution in [3.05, 3.63) is 47.0 Å². The van der Waals surface area contributed by atoms with E-state index in [1.54, 1.807) is 13.1 Å². The van der Waals surface area contributed by atoms with Crippen molar-refractivity contribution >= 4 is 5.78 Å². The summed E-state index contributed by atoms with van der Waals surface area (Å²) in [6.07, 6.45) is 0.738. The van der Waals surface area contributed by atoms with E-state index in [0.29, 0.717) is 11.4 Å². The number of benzene rings is 1. The van der Waals surface area contributed by atoms with E-state index in [-0.39, 0.29) is 11.3 Å². The molecule has 0 radical (unpaired) electrons. The van der Waals surface area contributed by atoms with Crippen LogP contribution in [0.15, 0.2) is 24.3 Å².